The minimum atomic E-state index is -0.520. The molecule has 1 heterocycles. The van der Waals surface area contributed by atoms with Crippen molar-refractivity contribution in [2.75, 3.05) is 32.1 Å². The van der Waals surface area contributed by atoms with Gasteiger partial charge in [-0.25, -0.2) is 9.59 Å². The third-order valence-electron chi connectivity index (χ3n) is 3.90. The van der Waals surface area contributed by atoms with Gasteiger partial charge < -0.3 is 19.1 Å². The van der Waals surface area contributed by atoms with E-state index < -0.39 is 11.9 Å². The second-order valence-corrected chi connectivity index (χ2v) is 7.27. The van der Waals surface area contributed by atoms with Gasteiger partial charge >= 0.3 is 11.9 Å². The van der Waals surface area contributed by atoms with Gasteiger partial charge in [0.1, 0.15) is 12.4 Å². The first kappa shape index (κ1) is 21.8. The van der Waals surface area contributed by atoms with Crippen LogP contribution in [0, 0.1) is 0 Å². The Bertz CT molecular complexity index is 746. The van der Waals surface area contributed by atoms with Crippen LogP contribution in [0.25, 0.3) is 0 Å². The van der Waals surface area contributed by atoms with E-state index in [2.05, 4.69) is 0 Å². The molecule has 0 bridgehead atoms. The van der Waals surface area contributed by atoms with E-state index in [1.807, 2.05) is 38.1 Å². The van der Waals surface area contributed by atoms with Crippen LogP contribution in [-0.2, 0) is 23.9 Å². The van der Waals surface area contributed by atoms with Crippen molar-refractivity contribution in [2.24, 2.45) is 0 Å². The molecule has 0 unspecified atom stereocenters. The van der Waals surface area contributed by atoms with Crippen LogP contribution in [0.15, 0.2) is 35.4 Å². The minimum absolute atomic E-state index is 0.0144. The Hall–Kier alpha value is -2.48. The lowest BCUT2D eigenvalue weighted by Gasteiger charge is -2.17. The molecule has 152 valence electrons. The van der Waals surface area contributed by atoms with E-state index in [9.17, 15) is 14.4 Å². The maximum atomic E-state index is 12.0. The quantitative estimate of drug-likeness (QED) is 0.460. The SMILES string of the molecule is CCOC(=O)C=C1SCC(=O)N1CCOC(=O)COc1ccccc1C(C)C. The Morgan fingerprint density at radius 3 is 2.71 bits per heavy atom. The number of rotatable bonds is 9. The number of carbonyl (C=O) groups excluding carboxylic acids is 3. The molecule has 0 N–H and O–H groups in total. The number of hydrogen-bond acceptors (Lipinski definition) is 7. The number of hydrogen-bond donors (Lipinski definition) is 0. The molecular formula is C20H25NO6S. The van der Waals surface area contributed by atoms with E-state index in [0.717, 1.165) is 5.56 Å². The van der Waals surface area contributed by atoms with Crippen molar-refractivity contribution < 1.29 is 28.6 Å². The molecule has 1 aliphatic rings. The van der Waals surface area contributed by atoms with Crippen LogP contribution in [0.4, 0.5) is 0 Å². The van der Waals surface area contributed by atoms with Crippen molar-refractivity contribution in [1.29, 1.82) is 0 Å². The van der Waals surface area contributed by atoms with Crippen LogP contribution in [0.2, 0.25) is 0 Å². The Morgan fingerprint density at radius 1 is 1.25 bits per heavy atom. The molecule has 1 aliphatic heterocycles. The largest absolute Gasteiger partial charge is 0.482 e. The predicted molar refractivity (Wildman–Crippen MR) is 106 cm³/mol. The van der Waals surface area contributed by atoms with Gasteiger partial charge in [-0.05, 0) is 24.5 Å². The van der Waals surface area contributed by atoms with Crippen molar-refractivity contribution in [1.82, 2.24) is 4.90 Å². The summed E-state index contributed by atoms with van der Waals surface area (Å²) in [6.07, 6.45) is 1.28. The molecule has 28 heavy (non-hydrogen) atoms. The second-order valence-electron chi connectivity index (χ2n) is 6.27. The van der Waals surface area contributed by atoms with Gasteiger partial charge in [0.05, 0.1) is 30.0 Å². The average molecular weight is 407 g/mol. The Kier molecular flexibility index (Phi) is 8.38. The van der Waals surface area contributed by atoms with Crippen LogP contribution < -0.4 is 4.74 Å². The first-order chi connectivity index (χ1) is 13.4. The van der Waals surface area contributed by atoms with Gasteiger partial charge in [0.25, 0.3) is 0 Å². The maximum Gasteiger partial charge on any atom is 0.344 e. The molecule has 0 aliphatic carbocycles. The zero-order chi connectivity index (χ0) is 20.5. The zero-order valence-electron chi connectivity index (χ0n) is 16.3. The van der Waals surface area contributed by atoms with Crippen molar-refractivity contribution >= 4 is 29.6 Å². The molecule has 1 fully saturated rings. The van der Waals surface area contributed by atoms with Crippen LogP contribution >= 0.6 is 11.8 Å². The first-order valence-corrected chi connectivity index (χ1v) is 10.1. The van der Waals surface area contributed by atoms with Gasteiger partial charge in [-0.3, -0.25) is 4.79 Å². The van der Waals surface area contributed by atoms with E-state index >= 15 is 0 Å². The summed E-state index contributed by atoms with van der Waals surface area (Å²) in [7, 11) is 0. The summed E-state index contributed by atoms with van der Waals surface area (Å²) >= 11 is 1.25. The lowest BCUT2D eigenvalue weighted by atomic mass is 10.0. The Balaban J connectivity index is 1.81. The number of amides is 1. The van der Waals surface area contributed by atoms with Crippen LogP contribution in [0.5, 0.6) is 5.75 Å². The number of para-hydroxylation sites is 1. The third-order valence-corrected chi connectivity index (χ3v) is 4.93. The molecule has 1 amide bonds. The number of esters is 2. The highest BCUT2D eigenvalue weighted by Crippen LogP contribution is 2.28. The predicted octanol–water partition coefficient (Wildman–Crippen LogP) is 2.71. The molecule has 1 saturated heterocycles. The fourth-order valence-electron chi connectivity index (χ4n) is 2.57. The molecule has 0 spiro atoms. The summed E-state index contributed by atoms with van der Waals surface area (Å²) in [6, 6.07) is 7.54. The summed E-state index contributed by atoms with van der Waals surface area (Å²) in [5.74, 6) is 0.0102. The molecule has 0 aromatic heterocycles. The summed E-state index contributed by atoms with van der Waals surface area (Å²) in [5, 5.41) is 0.501. The van der Waals surface area contributed by atoms with Gasteiger partial charge in [-0.1, -0.05) is 43.8 Å². The summed E-state index contributed by atoms with van der Waals surface area (Å²) in [6.45, 7) is 6.05. The van der Waals surface area contributed by atoms with Gasteiger partial charge in [0.2, 0.25) is 5.91 Å². The van der Waals surface area contributed by atoms with Crippen molar-refractivity contribution in [3.8, 4) is 5.75 Å². The molecular weight excluding hydrogens is 382 g/mol. The van der Waals surface area contributed by atoms with Crippen LogP contribution in [0.3, 0.4) is 0 Å². The van der Waals surface area contributed by atoms with Crippen molar-refractivity contribution in [3.63, 3.8) is 0 Å². The lowest BCUT2D eigenvalue weighted by Crippen LogP contribution is -2.30. The minimum Gasteiger partial charge on any atom is -0.482 e. The lowest BCUT2D eigenvalue weighted by molar-refractivity contribution is -0.147. The normalized spacial score (nSPS) is 15.2. The topological polar surface area (TPSA) is 82.1 Å². The van der Waals surface area contributed by atoms with E-state index in [4.69, 9.17) is 14.2 Å². The maximum absolute atomic E-state index is 12.0. The van der Waals surface area contributed by atoms with Gasteiger partial charge in [-0.2, -0.15) is 0 Å². The molecule has 0 saturated carbocycles. The molecule has 0 radical (unpaired) electrons. The highest BCUT2D eigenvalue weighted by Gasteiger charge is 2.27. The first-order valence-electron chi connectivity index (χ1n) is 9.11. The molecule has 1 aromatic rings. The number of ether oxygens (including phenoxy) is 3. The van der Waals surface area contributed by atoms with Crippen LogP contribution in [-0.4, -0.2) is 54.9 Å². The molecule has 0 atom stereocenters. The van der Waals surface area contributed by atoms with Gasteiger partial charge in [0, 0.05) is 0 Å². The number of carbonyl (C=O) groups is 3. The molecule has 1 aromatic carbocycles. The van der Waals surface area contributed by atoms with E-state index in [0.29, 0.717) is 10.8 Å². The summed E-state index contributed by atoms with van der Waals surface area (Å²) in [5.41, 5.74) is 1.02. The summed E-state index contributed by atoms with van der Waals surface area (Å²) in [4.78, 5) is 36.9. The average Bonchev–Trinajstić information content (AvgIpc) is 3.00. The zero-order valence-corrected chi connectivity index (χ0v) is 17.1. The Labute approximate surface area is 169 Å². The fraction of sp³-hybridized carbons (Fsp3) is 0.450. The fourth-order valence-corrected chi connectivity index (χ4v) is 3.53. The van der Waals surface area contributed by atoms with Crippen LogP contribution in [0.1, 0.15) is 32.3 Å². The van der Waals surface area contributed by atoms with E-state index in [1.54, 1.807) is 6.92 Å². The third kappa shape index (κ3) is 6.30. The van der Waals surface area contributed by atoms with Gasteiger partial charge in [0.15, 0.2) is 6.61 Å². The van der Waals surface area contributed by atoms with E-state index in [-0.39, 0.29) is 43.9 Å². The monoisotopic (exact) mass is 407 g/mol. The van der Waals surface area contributed by atoms with E-state index in [1.165, 1.54) is 22.7 Å². The summed E-state index contributed by atoms with van der Waals surface area (Å²) < 4.78 is 15.6. The second kappa shape index (κ2) is 10.8. The number of nitrogens with zero attached hydrogens (tertiary/aromatic N) is 1. The standard InChI is InChI=1S/C20H25NO6S/c1-4-25-19(23)11-18-21(17(22)13-28-18)9-10-26-20(24)12-27-16-8-6-5-7-15(16)14(2)3/h5-8,11,14H,4,9-10,12-13H2,1-3H3. The Morgan fingerprint density at radius 2 is 2.00 bits per heavy atom. The van der Waals surface area contributed by atoms with Crippen molar-refractivity contribution in [2.45, 2.75) is 26.7 Å². The highest BCUT2D eigenvalue weighted by molar-refractivity contribution is 8.04. The van der Waals surface area contributed by atoms with Crippen molar-refractivity contribution in [3.05, 3.63) is 40.9 Å². The van der Waals surface area contributed by atoms with Gasteiger partial charge in [-0.15, -0.1) is 0 Å². The highest BCUT2D eigenvalue weighted by atomic mass is 32.2. The number of thioether (sulfide) groups is 1. The molecule has 2 rings (SSSR count). The smallest absolute Gasteiger partial charge is 0.344 e. The number of benzene rings is 1. The molecule has 8 heteroatoms. The molecule has 7 nitrogen and oxygen atoms in total.